The average molecular weight is 352 g/mol. The normalized spacial score (nSPS) is 20.4. The molecule has 0 bridgehead atoms. The zero-order valence-electron chi connectivity index (χ0n) is 15.2. The molecule has 2 rings (SSSR count). The average Bonchev–Trinajstić information content (AvgIpc) is 2.84. The number of nitrogens with zero attached hydrogens (tertiary/aromatic N) is 1. The first kappa shape index (κ1) is 18.6. The fourth-order valence-electron chi connectivity index (χ4n) is 2.30. The highest BCUT2D eigenvalue weighted by atomic mass is 32.2. The van der Waals surface area contributed by atoms with E-state index < -0.39 is 19.1 Å². The minimum Gasteiger partial charge on any atom is -0.409 e. The van der Waals surface area contributed by atoms with Gasteiger partial charge >= 0.3 is 0 Å². The van der Waals surface area contributed by atoms with E-state index in [0.717, 1.165) is 23.6 Å². The minimum absolute atomic E-state index is 0.0466. The molecule has 1 aromatic carbocycles. The molecule has 128 valence electrons. The van der Waals surface area contributed by atoms with E-state index in [0.29, 0.717) is 5.75 Å². The van der Waals surface area contributed by atoms with Crippen LogP contribution in [0.5, 0.6) is 0 Å². The van der Waals surface area contributed by atoms with Gasteiger partial charge < -0.3 is 4.43 Å². The molecule has 0 fully saturated rings. The van der Waals surface area contributed by atoms with Crippen molar-refractivity contribution in [2.45, 2.75) is 63.2 Å². The Hall–Kier alpha value is -0.783. The van der Waals surface area contributed by atoms with Gasteiger partial charge in [-0.15, -0.1) is 0 Å². The lowest BCUT2D eigenvalue weighted by Gasteiger charge is -2.38. The molecular formula is C18H29NO2SSi. The molecule has 0 N–H and O–H groups in total. The fraction of sp³-hybridized carbons (Fsp3) is 0.611. The van der Waals surface area contributed by atoms with E-state index in [1.807, 2.05) is 31.2 Å². The Labute approximate surface area is 144 Å². The molecule has 1 aromatic rings. The van der Waals surface area contributed by atoms with E-state index >= 15 is 0 Å². The first-order chi connectivity index (χ1) is 10.6. The van der Waals surface area contributed by atoms with Gasteiger partial charge in [0.1, 0.15) is 0 Å². The topological polar surface area (TPSA) is 38.7 Å². The minimum atomic E-state index is -1.83. The van der Waals surface area contributed by atoms with Crippen molar-refractivity contribution in [2.24, 2.45) is 4.99 Å². The second kappa shape index (κ2) is 6.99. The van der Waals surface area contributed by atoms with E-state index in [2.05, 4.69) is 38.9 Å². The van der Waals surface area contributed by atoms with Crippen molar-refractivity contribution in [3.63, 3.8) is 0 Å². The fourth-order valence-corrected chi connectivity index (χ4v) is 4.77. The van der Waals surface area contributed by atoms with Crippen LogP contribution in [0.4, 0.5) is 0 Å². The van der Waals surface area contributed by atoms with E-state index in [4.69, 9.17) is 4.43 Å². The van der Waals surface area contributed by atoms with Gasteiger partial charge in [0.05, 0.1) is 28.4 Å². The molecule has 1 aliphatic rings. The van der Waals surface area contributed by atoms with E-state index in [9.17, 15) is 4.21 Å². The van der Waals surface area contributed by atoms with Gasteiger partial charge in [0, 0.05) is 11.4 Å². The monoisotopic (exact) mass is 351 g/mol. The Balaban J connectivity index is 2.05. The van der Waals surface area contributed by atoms with Crippen molar-refractivity contribution in [1.82, 2.24) is 0 Å². The van der Waals surface area contributed by atoms with Crippen molar-refractivity contribution in [1.29, 1.82) is 0 Å². The summed E-state index contributed by atoms with van der Waals surface area (Å²) in [5.74, 6) is 0.488. The Morgan fingerprint density at radius 3 is 2.43 bits per heavy atom. The molecule has 2 atom stereocenters. The summed E-state index contributed by atoms with van der Waals surface area (Å²) in [6.45, 7) is 14.1. The summed E-state index contributed by atoms with van der Waals surface area (Å²) in [5.41, 5.74) is 2.16. The van der Waals surface area contributed by atoms with Crippen LogP contribution in [0.1, 0.15) is 32.8 Å². The first-order valence-corrected chi connectivity index (χ1v) is 12.5. The summed E-state index contributed by atoms with van der Waals surface area (Å²) in [6.07, 6.45) is 0.970. The summed E-state index contributed by atoms with van der Waals surface area (Å²) in [4.78, 5) is 5.46. The van der Waals surface area contributed by atoms with Crippen molar-refractivity contribution in [3.8, 4) is 0 Å². The van der Waals surface area contributed by atoms with Gasteiger partial charge in [0.15, 0.2) is 8.32 Å². The van der Waals surface area contributed by atoms with Gasteiger partial charge in [-0.1, -0.05) is 38.5 Å². The number of aliphatic imine (C=N–C) groups is 1. The zero-order chi connectivity index (χ0) is 17.3. The van der Waals surface area contributed by atoms with Crippen molar-refractivity contribution in [2.75, 3.05) is 12.3 Å². The highest BCUT2D eigenvalue weighted by molar-refractivity contribution is 7.85. The maximum Gasteiger partial charge on any atom is 0.192 e. The molecule has 0 spiro atoms. The van der Waals surface area contributed by atoms with Crippen LogP contribution in [0.3, 0.4) is 0 Å². The molecule has 23 heavy (non-hydrogen) atoms. The Bertz CT molecular complexity index is 602. The third kappa shape index (κ3) is 4.61. The third-order valence-electron chi connectivity index (χ3n) is 4.88. The smallest absolute Gasteiger partial charge is 0.192 e. The van der Waals surface area contributed by atoms with Crippen LogP contribution in [0.2, 0.25) is 18.1 Å². The summed E-state index contributed by atoms with van der Waals surface area (Å²) in [5, 5.41) is 0.177. The van der Waals surface area contributed by atoms with Gasteiger partial charge in [-0.05, 0) is 43.6 Å². The Kier molecular flexibility index (Phi) is 5.64. The van der Waals surface area contributed by atoms with Crippen LogP contribution in [0, 0.1) is 6.92 Å². The lowest BCUT2D eigenvalue weighted by molar-refractivity contribution is 0.242. The molecule has 1 heterocycles. The molecule has 0 saturated heterocycles. The van der Waals surface area contributed by atoms with Crippen molar-refractivity contribution >= 4 is 24.8 Å². The Morgan fingerprint density at radius 1 is 1.26 bits per heavy atom. The molecule has 0 unspecified atom stereocenters. The Morgan fingerprint density at radius 2 is 1.87 bits per heavy atom. The summed E-state index contributed by atoms with van der Waals surface area (Å²) < 4.78 is 19.1. The predicted molar refractivity (Wildman–Crippen MR) is 101 cm³/mol. The molecule has 0 aliphatic carbocycles. The SMILES string of the molecule is Cc1ccc([S@](=O)CC2=NCC[C@@H]2O[Si](C)(C)C(C)(C)C)cc1. The molecule has 0 saturated carbocycles. The van der Waals surface area contributed by atoms with Crippen LogP contribution in [-0.2, 0) is 15.2 Å². The predicted octanol–water partition coefficient (Wildman–Crippen LogP) is 4.34. The highest BCUT2D eigenvalue weighted by Gasteiger charge is 2.40. The number of aryl methyl sites for hydroxylation is 1. The molecule has 5 heteroatoms. The second-order valence-corrected chi connectivity index (χ2v) is 14.0. The number of benzene rings is 1. The maximum atomic E-state index is 12.6. The van der Waals surface area contributed by atoms with E-state index in [1.165, 1.54) is 5.56 Å². The second-order valence-electron chi connectivity index (χ2n) is 7.83. The molecular weight excluding hydrogens is 322 g/mol. The first-order valence-electron chi connectivity index (χ1n) is 8.26. The standard InChI is InChI=1S/C18H29NO2SSi/c1-14-7-9-15(10-8-14)22(20)13-16-17(11-12-19-16)21-23(5,6)18(2,3)4/h7-10,17H,11-13H2,1-6H3/t17-,22+/m0/s1. The summed E-state index contributed by atoms with van der Waals surface area (Å²) in [7, 11) is -2.88. The summed E-state index contributed by atoms with van der Waals surface area (Å²) in [6, 6.07) is 7.91. The van der Waals surface area contributed by atoms with Crippen molar-refractivity contribution < 1.29 is 8.63 Å². The maximum absolute atomic E-state index is 12.6. The molecule has 3 nitrogen and oxygen atoms in total. The lowest BCUT2D eigenvalue weighted by atomic mass is 10.2. The zero-order valence-corrected chi connectivity index (χ0v) is 17.0. The molecule has 0 aromatic heterocycles. The van der Waals surface area contributed by atoms with E-state index in [-0.39, 0.29) is 11.1 Å². The van der Waals surface area contributed by atoms with Gasteiger partial charge in [0.2, 0.25) is 0 Å². The lowest BCUT2D eigenvalue weighted by Crippen LogP contribution is -2.46. The number of hydrogen-bond acceptors (Lipinski definition) is 3. The quantitative estimate of drug-likeness (QED) is 0.740. The number of rotatable bonds is 5. The van der Waals surface area contributed by atoms with Gasteiger partial charge in [-0.2, -0.15) is 0 Å². The van der Waals surface area contributed by atoms with Crippen LogP contribution in [0.15, 0.2) is 34.2 Å². The van der Waals surface area contributed by atoms with Crippen molar-refractivity contribution in [3.05, 3.63) is 29.8 Å². The van der Waals surface area contributed by atoms with Crippen LogP contribution >= 0.6 is 0 Å². The molecule has 1 aliphatic heterocycles. The molecule has 0 radical (unpaired) electrons. The van der Waals surface area contributed by atoms with Crippen LogP contribution < -0.4 is 0 Å². The highest BCUT2D eigenvalue weighted by Crippen LogP contribution is 2.38. The largest absolute Gasteiger partial charge is 0.409 e. The van der Waals surface area contributed by atoms with Gasteiger partial charge in [-0.25, -0.2) is 0 Å². The summed E-state index contributed by atoms with van der Waals surface area (Å²) >= 11 is 0. The number of hydrogen-bond donors (Lipinski definition) is 0. The van der Waals surface area contributed by atoms with Crippen LogP contribution in [-0.4, -0.2) is 36.6 Å². The van der Waals surface area contributed by atoms with E-state index in [1.54, 1.807) is 0 Å². The van der Waals surface area contributed by atoms with Gasteiger partial charge in [0.25, 0.3) is 0 Å². The van der Waals surface area contributed by atoms with Crippen LogP contribution in [0.25, 0.3) is 0 Å². The van der Waals surface area contributed by atoms with Gasteiger partial charge in [-0.3, -0.25) is 9.20 Å². The molecule has 0 amide bonds. The third-order valence-corrected chi connectivity index (χ3v) is 10.7.